The van der Waals surface area contributed by atoms with Crippen molar-refractivity contribution in [3.05, 3.63) is 93.8 Å². The number of amides is 1. The van der Waals surface area contributed by atoms with Crippen LogP contribution in [0.25, 0.3) is 10.4 Å². The van der Waals surface area contributed by atoms with E-state index in [1.807, 2.05) is 64.1 Å². The van der Waals surface area contributed by atoms with Crippen LogP contribution in [0.5, 0.6) is 0 Å². The average Bonchev–Trinajstić information content (AvgIpc) is 3.76. The molecule has 0 saturated heterocycles. The first-order valence-electron chi connectivity index (χ1n) is 19.2. The van der Waals surface area contributed by atoms with Gasteiger partial charge in [-0.25, -0.2) is 0 Å². The molecule has 0 aliphatic carbocycles. The highest BCUT2D eigenvalue weighted by Gasteiger charge is 2.45. The molecule has 3 heterocycles. The number of likely N-dealkylation sites (N-methyl/N-ethyl adjacent to an activating group) is 1. The number of unbranched alkanes of at least 4 members (excludes halogenated alkanes) is 2. The van der Waals surface area contributed by atoms with Crippen LogP contribution in [0, 0.1) is 0 Å². The minimum Gasteiger partial charge on any atom is -0.356 e. The van der Waals surface area contributed by atoms with Gasteiger partial charge in [-0.2, -0.15) is 21.4 Å². The van der Waals surface area contributed by atoms with E-state index in [4.69, 9.17) is 5.53 Å². The van der Waals surface area contributed by atoms with Gasteiger partial charge in [0.2, 0.25) is 11.6 Å². The monoisotopic (exact) mass is 837 g/mol. The van der Waals surface area contributed by atoms with Gasteiger partial charge in [0.1, 0.15) is 6.54 Å². The van der Waals surface area contributed by atoms with Crippen LogP contribution in [-0.2, 0) is 49.0 Å². The van der Waals surface area contributed by atoms with Crippen LogP contribution in [-0.4, -0.2) is 90.4 Å². The van der Waals surface area contributed by atoms with Crippen LogP contribution < -0.4 is 15.5 Å². The first-order chi connectivity index (χ1) is 27.4. The molecule has 0 unspecified atom stereocenters. The Hall–Kier alpha value is -4.91. The van der Waals surface area contributed by atoms with Gasteiger partial charge >= 0.3 is 0 Å². The Morgan fingerprint density at radius 1 is 0.948 bits per heavy atom. The van der Waals surface area contributed by atoms with Crippen molar-refractivity contribution in [1.82, 2.24) is 25.6 Å². The van der Waals surface area contributed by atoms with Crippen molar-refractivity contribution in [1.29, 1.82) is 0 Å². The highest BCUT2D eigenvalue weighted by atomic mass is 32.2. The second-order valence-corrected chi connectivity index (χ2v) is 18.4. The molecule has 58 heavy (non-hydrogen) atoms. The number of benzene rings is 2. The molecule has 1 aromatic heterocycles. The van der Waals surface area contributed by atoms with Gasteiger partial charge in [-0.05, 0) is 93.6 Å². The summed E-state index contributed by atoms with van der Waals surface area (Å²) >= 11 is 0. The van der Waals surface area contributed by atoms with Crippen molar-refractivity contribution in [2.45, 2.75) is 99.9 Å². The van der Waals surface area contributed by atoms with Crippen molar-refractivity contribution in [3.8, 4) is 0 Å². The average molecular weight is 838 g/mol. The summed E-state index contributed by atoms with van der Waals surface area (Å²) in [7, 11) is -6.90. The van der Waals surface area contributed by atoms with Crippen LogP contribution in [0.2, 0.25) is 0 Å². The number of anilines is 1. The highest BCUT2D eigenvalue weighted by molar-refractivity contribution is 7.86. The summed E-state index contributed by atoms with van der Waals surface area (Å²) in [5.41, 5.74) is 12.9. The number of aromatic nitrogens is 3. The van der Waals surface area contributed by atoms with Crippen molar-refractivity contribution >= 4 is 43.2 Å². The molecule has 2 aliphatic heterocycles. The third-order valence-corrected chi connectivity index (χ3v) is 12.4. The third kappa shape index (κ3) is 10.4. The lowest BCUT2D eigenvalue weighted by molar-refractivity contribution is -0.438. The topological polar surface area (TPSA) is 236 Å². The highest BCUT2D eigenvalue weighted by Crippen LogP contribution is 2.48. The molecule has 0 fully saturated rings. The fraction of sp³-hybridized carbons (Fsp3) is 0.487. The van der Waals surface area contributed by atoms with Gasteiger partial charge in [-0.1, -0.05) is 30.3 Å². The summed E-state index contributed by atoms with van der Waals surface area (Å²) in [4.78, 5) is 17.0. The zero-order chi connectivity index (χ0) is 42.3. The number of hydrogen-bond donors (Lipinski definition) is 4. The lowest BCUT2D eigenvalue weighted by Gasteiger charge is -2.23. The van der Waals surface area contributed by atoms with Gasteiger partial charge in [-0.3, -0.25) is 18.6 Å². The molecular weight excluding hydrogens is 785 g/mol. The van der Waals surface area contributed by atoms with Crippen LogP contribution in [0.4, 0.5) is 11.4 Å². The van der Waals surface area contributed by atoms with Gasteiger partial charge in [0.15, 0.2) is 5.71 Å². The van der Waals surface area contributed by atoms with E-state index in [1.54, 1.807) is 16.8 Å². The number of nitrogens with one attached hydrogen (secondary N) is 2. The lowest BCUT2D eigenvalue weighted by Crippen LogP contribution is -2.28. The Bertz CT molecular complexity index is 2380. The molecule has 4 N–H and O–H groups in total. The molecule has 2 aliphatic rings. The van der Waals surface area contributed by atoms with Crippen molar-refractivity contribution in [2.24, 2.45) is 5.11 Å². The normalized spacial score (nSPS) is 16.5. The zero-order valence-electron chi connectivity index (χ0n) is 33.6. The number of carbonyl (C=O) groups excluding carboxylic acids is 1. The number of hydrogen-bond acceptors (Lipinski definition) is 10. The largest absolute Gasteiger partial charge is 0.356 e. The van der Waals surface area contributed by atoms with Crippen LogP contribution in [0.15, 0.2) is 81.4 Å². The molecule has 0 saturated carbocycles. The summed E-state index contributed by atoms with van der Waals surface area (Å²) in [5, 5.41) is 18.0. The Labute approximate surface area is 340 Å². The number of fused-ring (bicyclic) bond motifs is 2. The van der Waals surface area contributed by atoms with E-state index in [-0.39, 0.29) is 15.7 Å². The third-order valence-electron chi connectivity index (χ3n) is 10.7. The molecule has 1 amide bonds. The maximum absolute atomic E-state index is 12.6. The van der Waals surface area contributed by atoms with Crippen LogP contribution in [0.1, 0.15) is 83.0 Å². The van der Waals surface area contributed by atoms with Gasteiger partial charge in [-0.15, -0.1) is 5.10 Å². The van der Waals surface area contributed by atoms with E-state index in [1.165, 1.54) is 24.3 Å². The molecule has 0 radical (unpaired) electrons. The van der Waals surface area contributed by atoms with Crippen LogP contribution in [0.3, 0.4) is 0 Å². The van der Waals surface area contributed by atoms with Gasteiger partial charge in [0.25, 0.3) is 20.2 Å². The van der Waals surface area contributed by atoms with E-state index < -0.39 is 31.1 Å². The lowest BCUT2D eigenvalue weighted by atomic mass is 9.81. The Kier molecular flexibility index (Phi) is 14.0. The van der Waals surface area contributed by atoms with E-state index in [0.717, 1.165) is 58.9 Å². The maximum atomic E-state index is 12.6. The first-order valence-corrected chi connectivity index (χ1v) is 22.1. The zero-order valence-corrected chi connectivity index (χ0v) is 35.2. The minimum atomic E-state index is -4.43. The Balaban J connectivity index is 1.19. The number of nitrogens with zero attached hydrogens (tertiary/aromatic N) is 8. The fourth-order valence-corrected chi connectivity index (χ4v) is 8.63. The molecule has 0 spiro atoms. The van der Waals surface area contributed by atoms with E-state index >= 15 is 0 Å². The molecule has 3 aromatic rings. The standard InChI is InChI=1S/C39H52N10O7S2/c1-38(2)31-24-29(57(51,52)53)15-17-33(31)47(5)35(38)12-9-13-36-39(3,4)32-25-30(58(54,55)56)16-18-34(32)49(36)23-8-6-7-14-37(50)42-20-11-22-48-27-28(44-46-48)26-41-19-10-21-43-45-40/h9,12-13,15-18,24-25,27,41H,6-8,10-11,14,19-23,26H2,1-5H3,(H2-,42,50,51,52,53,54,55,56)/p+1. The quantitative estimate of drug-likeness (QED) is 0.0274. The predicted octanol–water partition coefficient (Wildman–Crippen LogP) is 5.57. The number of rotatable bonds is 20. The molecule has 5 rings (SSSR count). The number of azide groups is 1. The van der Waals surface area contributed by atoms with Crippen molar-refractivity contribution in [3.63, 3.8) is 0 Å². The number of aryl methyl sites for hydroxylation is 1. The summed E-state index contributed by atoms with van der Waals surface area (Å²) in [6.45, 7) is 11.5. The van der Waals surface area contributed by atoms with E-state index in [9.17, 15) is 30.7 Å². The Morgan fingerprint density at radius 3 is 2.36 bits per heavy atom. The van der Waals surface area contributed by atoms with Gasteiger partial charge in [0.05, 0.1) is 20.9 Å². The van der Waals surface area contributed by atoms with Crippen LogP contribution >= 0.6 is 0 Å². The molecule has 312 valence electrons. The molecule has 19 heteroatoms. The summed E-state index contributed by atoms with van der Waals surface area (Å²) < 4.78 is 71.4. The second kappa shape index (κ2) is 18.3. The second-order valence-electron chi connectivity index (χ2n) is 15.5. The van der Waals surface area contributed by atoms with E-state index in [2.05, 4.69) is 35.5 Å². The molecular formula is C39H53N10O7S2+. The molecule has 0 atom stereocenters. The van der Waals surface area contributed by atoms with Crippen molar-refractivity contribution < 1.29 is 35.3 Å². The minimum absolute atomic E-state index is 0.0195. The Morgan fingerprint density at radius 2 is 1.66 bits per heavy atom. The molecule has 2 aromatic carbocycles. The summed E-state index contributed by atoms with van der Waals surface area (Å²) in [6, 6.07) is 9.23. The van der Waals surface area contributed by atoms with E-state index in [0.29, 0.717) is 58.5 Å². The number of allylic oxidation sites excluding steroid dienone is 4. The summed E-state index contributed by atoms with van der Waals surface area (Å²) in [6.07, 6.45) is 11.9. The van der Waals surface area contributed by atoms with Crippen molar-refractivity contribution in [2.75, 3.05) is 38.1 Å². The van der Waals surface area contributed by atoms with Gasteiger partial charge in [0, 0.05) is 91.7 Å². The predicted molar refractivity (Wildman–Crippen MR) is 220 cm³/mol. The number of carbonyl (C=O) groups is 1. The van der Waals surface area contributed by atoms with Gasteiger partial charge < -0.3 is 15.5 Å². The fourth-order valence-electron chi connectivity index (χ4n) is 7.62. The maximum Gasteiger partial charge on any atom is 0.294 e. The smallest absolute Gasteiger partial charge is 0.294 e. The molecule has 0 bridgehead atoms. The first kappa shape index (κ1) is 44.2. The summed E-state index contributed by atoms with van der Waals surface area (Å²) in [5.74, 6) is -0.0195. The SMILES string of the molecule is CN1/C(=C/C=C/C2=[N+](CCCCCC(=O)NCCCn3cc(CNCCCN=[N+]=[N-])nn3)c3ccc(S(=O)(=O)O)cc3C2(C)C)C(C)(C)c2cc(S(=O)(=O)O)ccc21. The molecule has 17 nitrogen and oxygen atoms in total.